The third-order valence-electron chi connectivity index (χ3n) is 2.79. The first-order valence-electron chi connectivity index (χ1n) is 5.36. The molecule has 0 N–H and O–H groups in total. The van der Waals surface area contributed by atoms with Gasteiger partial charge in [-0.05, 0) is 44.3 Å². The van der Waals surface area contributed by atoms with Crippen LogP contribution in [-0.4, -0.2) is 24.5 Å². The van der Waals surface area contributed by atoms with E-state index < -0.39 is 0 Å². The van der Waals surface area contributed by atoms with Crippen LogP contribution in [0.15, 0.2) is 23.8 Å². The average Bonchev–Trinajstić information content (AvgIpc) is 2.21. The third kappa shape index (κ3) is 2.70. The summed E-state index contributed by atoms with van der Waals surface area (Å²) in [4.78, 5) is 2.57. The fourth-order valence-corrected chi connectivity index (χ4v) is 2.05. The van der Waals surface area contributed by atoms with Gasteiger partial charge in [-0.1, -0.05) is 24.6 Å². The first-order valence-corrected chi connectivity index (χ1v) is 5.36. The molecule has 2 rings (SSSR count). The van der Waals surface area contributed by atoms with Crippen LogP contribution in [0.4, 0.5) is 0 Å². The van der Waals surface area contributed by atoms with Gasteiger partial charge in [0.1, 0.15) is 0 Å². The molecule has 2 aliphatic rings. The summed E-state index contributed by atoms with van der Waals surface area (Å²) in [6.45, 7) is 3.75. The standard InChI is InChI=1S/C12H18N/c1-3-7-12(8-4-1)11-13-9-5-2-6-10-13/h3-4,7-8H,1-2,5-6,9-11H2. The number of hydrogen-bond acceptors (Lipinski definition) is 1. The lowest BCUT2D eigenvalue weighted by Gasteiger charge is -2.27. The van der Waals surface area contributed by atoms with Gasteiger partial charge >= 0.3 is 0 Å². The second kappa shape index (κ2) is 4.61. The number of likely N-dealkylation sites (tertiary alicyclic amines) is 1. The Kier molecular flexibility index (Phi) is 3.20. The van der Waals surface area contributed by atoms with Crippen LogP contribution in [0, 0.1) is 6.42 Å². The first kappa shape index (κ1) is 9.01. The van der Waals surface area contributed by atoms with Crippen LogP contribution in [0.1, 0.15) is 25.7 Å². The minimum Gasteiger partial charge on any atom is -0.299 e. The highest BCUT2D eigenvalue weighted by Gasteiger charge is 2.10. The molecule has 0 bridgehead atoms. The molecular formula is C12H18N. The Bertz CT molecular complexity index is 209. The summed E-state index contributed by atoms with van der Waals surface area (Å²) < 4.78 is 0. The molecule has 1 aliphatic heterocycles. The quantitative estimate of drug-likeness (QED) is 0.625. The van der Waals surface area contributed by atoms with Crippen molar-refractivity contribution in [2.75, 3.05) is 19.6 Å². The number of allylic oxidation sites excluding steroid dienone is 2. The topological polar surface area (TPSA) is 3.24 Å². The highest BCUT2D eigenvalue weighted by atomic mass is 15.1. The molecule has 0 amide bonds. The Labute approximate surface area is 81.1 Å². The van der Waals surface area contributed by atoms with E-state index in [2.05, 4.69) is 29.5 Å². The predicted molar refractivity (Wildman–Crippen MR) is 56.4 cm³/mol. The number of nitrogens with zero attached hydrogens (tertiary/aromatic N) is 1. The fourth-order valence-electron chi connectivity index (χ4n) is 2.05. The molecule has 0 saturated carbocycles. The van der Waals surface area contributed by atoms with E-state index in [9.17, 15) is 0 Å². The SMILES string of the molecule is [CH]1C=C(CN2CCCCC2)C=CC1. The number of hydrogen-bond donors (Lipinski definition) is 0. The molecule has 1 heterocycles. The minimum absolute atomic E-state index is 1.11. The van der Waals surface area contributed by atoms with Gasteiger partial charge in [0.15, 0.2) is 0 Å². The molecule has 0 aromatic carbocycles. The molecular weight excluding hydrogens is 158 g/mol. The van der Waals surface area contributed by atoms with E-state index >= 15 is 0 Å². The molecule has 71 valence electrons. The van der Waals surface area contributed by atoms with Crippen molar-refractivity contribution in [3.63, 3.8) is 0 Å². The lowest BCUT2D eigenvalue weighted by Crippen LogP contribution is -2.31. The van der Waals surface area contributed by atoms with Gasteiger partial charge in [0.05, 0.1) is 0 Å². The maximum Gasteiger partial charge on any atom is 0.0230 e. The maximum atomic E-state index is 2.57. The van der Waals surface area contributed by atoms with Crippen LogP contribution in [0.5, 0.6) is 0 Å². The Hall–Kier alpha value is -0.560. The molecule has 1 nitrogen and oxygen atoms in total. The minimum atomic E-state index is 1.11. The van der Waals surface area contributed by atoms with Crippen molar-refractivity contribution < 1.29 is 0 Å². The van der Waals surface area contributed by atoms with E-state index in [0.717, 1.165) is 13.0 Å². The van der Waals surface area contributed by atoms with Gasteiger partial charge in [-0.2, -0.15) is 0 Å². The molecule has 13 heavy (non-hydrogen) atoms. The normalized spacial score (nSPS) is 24.5. The van der Waals surface area contributed by atoms with E-state index in [4.69, 9.17) is 0 Å². The zero-order valence-corrected chi connectivity index (χ0v) is 8.21. The van der Waals surface area contributed by atoms with Crippen LogP contribution in [0.2, 0.25) is 0 Å². The summed E-state index contributed by atoms with van der Waals surface area (Å²) in [5, 5.41) is 0. The van der Waals surface area contributed by atoms with E-state index in [0.29, 0.717) is 0 Å². The van der Waals surface area contributed by atoms with Gasteiger partial charge in [-0.15, -0.1) is 0 Å². The second-order valence-electron chi connectivity index (χ2n) is 3.95. The summed E-state index contributed by atoms with van der Waals surface area (Å²) in [6, 6.07) is 0. The van der Waals surface area contributed by atoms with Crippen LogP contribution in [0.25, 0.3) is 0 Å². The molecule has 0 atom stereocenters. The summed E-state index contributed by atoms with van der Waals surface area (Å²) in [6.07, 6.45) is 14.4. The highest BCUT2D eigenvalue weighted by Crippen LogP contribution is 2.14. The summed E-state index contributed by atoms with van der Waals surface area (Å²) in [5.41, 5.74) is 1.48. The van der Waals surface area contributed by atoms with Crippen LogP contribution >= 0.6 is 0 Å². The first-order chi connectivity index (χ1) is 6.45. The zero-order chi connectivity index (χ0) is 8.93. The van der Waals surface area contributed by atoms with Gasteiger partial charge in [0.2, 0.25) is 0 Å². The molecule has 0 spiro atoms. The summed E-state index contributed by atoms with van der Waals surface area (Å²) >= 11 is 0. The molecule has 1 saturated heterocycles. The molecule has 1 aliphatic carbocycles. The van der Waals surface area contributed by atoms with E-state index in [-0.39, 0.29) is 0 Å². The second-order valence-corrected chi connectivity index (χ2v) is 3.95. The van der Waals surface area contributed by atoms with Gasteiger partial charge in [-0.25, -0.2) is 0 Å². The van der Waals surface area contributed by atoms with Crippen molar-refractivity contribution in [2.24, 2.45) is 0 Å². The van der Waals surface area contributed by atoms with Crippen molar-refractivity contribution in [1.82, 2.24) is 4.90 Å². The van der Waals surface area contributed by atoms with Crippen molar-refractivity contribution in [2.45, 2.75) is 25.7 Å². The lowest BCUT2D eigenvalue weighted by molar-refractivity contribution is 0.248. The maximum absolute atomic E-state index is 2.57. The fraction of sp³-hybridized carbons (Fsp3) is 0.583. The Morgan fingerprint density at radius 2 is 2.00 bits per heavy atom. The van der Waals surface area contributed by atoms with Crippen molar-refractivity contribution in [3.8, 4) is 0 Å². The smallest absolute Gasteiger partial charge is 0.0230 e. The van der Waals surface area contributed by atoms with E-state index in [1.54, 1.807) is 0 Å². The Morgan fingerprint density at radius 1 is 1.15 bits per heavy atom. The molecule has 1 heteroatoms. The van der Waals surface area contributed by atoms with E-state index in [1.807, 2.05) is 0 Å². The van der Waals surface area contributed by atoms with Gasteiger partial charge in [-0.3, -0.25) is 4.90 Å². The average molecular weight is 176 g/mol. The molecule has 0 aromatic heterocycles. The van der Waals surface area contributed by atoms with E-state index in [1.165, 1.54) is 37.9 Å². The number of piperidine rings is 1. The third-order valence-corrected chi connectivity index (χ3v) is 2.79. The summed E-state index contributed by atoms with van der Waals surface area (Å²) in [5.74, 6) is 0. The molecule has 0 unspecified atom stereocenters. The van der Waals surface area contributed by atoms with Crippen molar-refractivity contribution in [3.05, 3.63) is 30.2 Å². The number of rotatable bonds is 2. The van der Waals surface area contributed by atoms with Crippen LogP contribution < -0.4 is 0 Å². The van der Waals surface area contributed by atoms with Gasteiger partial charge in [0.25, 0.3) is 0 Å². The van der Waals surface area contributed by atoms with Gasteiger partial charge in [0, 0.05) is 6.54 Å². The lowest BCUT2D eigenvalue weighted by atomic mass is 10.1. The monoisotopic (exact) mass is 176 g/mol. The summed E-state index contributed by atoms with van der Waals surface area (Å²) in [7, 11) is 0. The van der Waals surface area contributed by atoms with Crippen LogP contribution in [0.3, 0.4) is 0 Å². The predicted octanol–water partition coefficient (Wildman–Crippen LogP) is 2.56. The molecule has 1 fully saturated rings. The van der Waals surface area contributed by atoms with Crippen molar-refractivity contribution in [1.29, 1.82) is 0 Å². The van der Waals surface area contributed by atoms with Gasteiger partial charge < -0.3 is 0 Å². The Morgan fingerprint density at radius 3 is 2.69 bits per heavy atom. The van der Waals surface area contributed by atoms with Crippen LogP contribution in [-0.2, 0) is 0 Å². The molecule has 0 aromatic rings. The molecule has 1 radical (unpaired) electrons. The zero-order valence-electron chi connectivity index (χ0n) is 8.21. The largest absolute Gasteiger partial charge is 0.299 e. The van der Waals surface area contributed by atoms with Crippen molar-refractivity contribution >= 4 is 0 Å². The Balaban J connectivity index is 1.82. The highest BCUT2D eigenvalue weighted by molar-refractivity contribution is 5.28.